The standard InChI is InChI=1S/C12H10BrN5O4.2C4H9.Sn/c13-9-4(1-14)6-10(15)16-3-17-11(6)18(9)12-8(21)7(20)5(2-19)22-12;2*1-3-4-2;/h3,5,7-8,12,19H,2H2,(H2,15,16,17);2*1,3-4H2,2H3;/q-2;;;+2. The predicted molar refractivity (Wildman–Crippen MR) is 120 cm³/mol. The summed E-state index contributed by atoms with van der Waals surface area (Å²) in [6.45, 7) is 4.19. The summed E-state index contributed by atoms with van der Waals surface area (Å²) in [5.41, 5.74) is 6.91. The van der Waals surface area contributed by atoms with Gasteiger partial charge in [-0.05, 0) is 0 Å². The number of nitrogens with zero attached hydrogens (tertiary/aromatic N) is 4. The zero-order valence-electron chi connectivity index (χ0n) is 17.8. The number of unbranched alkanes of at least 4 members (excludes halogenated alkanes) is 2. The summed E-state index contributed by atoms with van der Waals surface area (Å²) in [4.78, 5) is 8.43. The summed E-state index contributed by atoms with van der Waals surface area (Å²) in [6, 6.07) is 2.19. The molecule has 11 heteroatoms. The van der Waals surface area contributed by atoms with Gasteiger partial charge >= 0.3 is 196 Å². The van der Waals surface area contributed by atoms with Crippen LogP contribution in [0.25, 0.3) is 11.0 Å². The van der Waals surface area contributed by atoms with E-state index in [1.54, 1.807) is 4.57 Å². The molecule has 4 rings (SSSR count). The Morgan fingerprint density at radius 3 is 2.52 bits per heavy atom. The van der Waals surface area contributed by atoms with Gasteiger partial charge in [-0.1, -0.05) is 0 Å². The van der Waals surface area contributed by atoms with Crippen LogP contribution in [0, 0.1) is 11.3 Å². The van der Waals surface area contributed by atoms with Gasteiger partial charge in [-0.3, -0.25) is 0 Å². The maximum atomic E-state index is 10.0. The van der Waals surface area contributed by atoms with Crippen LogP contribution < -0.4 is 5.73 Å². The number of fused-ring (bicyclic) bond motifs is 2. The minimum absolute atomic E-state index is 0.163. The third-order valence-electron chi connectivity index (χ3n) is 6.11. The number of nitriles is 1. The van der Waals surface area contributed by atoms with Gasteiger partial charge in [0, 0.05) is 0 Å². The molecule has 2 aliphatic heterocycles. The fourth-order valence-electron chi connectivity index (χ4n) is 4.57. The van der Waals surface area contributed by atoms with Crippen LogP contribution in [0.1, 0.15) is 51.3 Å². The molecule has 2 saturated heterocycles. The van der Waals surface area contributed by atoms with Gasteiger partial charge in [0.15, 0.2) is 0 Å². The van der Waals surface area contributed by atoms with Crippen LogP contribution in [0.3, 0.4) is 0 Å². The SMILES string of the molecule is CCC[CH2][Sn]1([CH2]CCC)[O]C2C(CO)OC(n3c(Br)c(C#N)c4c(N)ncnc43)C2[O]1. The monoisotopic (exact) mass is 601 g/mol. The van der Waals surface area contributed by atoms with Crippen molar-refractivity contribution in [2.45, 2.75) is 72.9 Å². The van der Waals surface area contributed by atoms with E-state index in [2.05, 4.69) is 45.8 Å². The molecule has 4 heterocycles. The minimum atomic E-state index is -3.34. The maximum absolute atomic E-state index is 10.0. The van der Waals surface area contributed by atoms with Crippen molar-refractivity contribution in [2.24, 2.45) is 0 Å². The van der Waals surface area contributed by atoms with Gasteiger partial charge in [-0.2, -0.15) is 0 Å². The van der Waals surface area contributed by atoms with Gasteiger partial charge in [-0.15, -0.1) is 0 Å². The molecule has 31 heavy (non-hydrogen) atoms. The molecule has 0 bridgehead atoms. The molecule has 4 atom stereocenters. The van der Waals surface area contributed by atoms with Crippen molar-refractivity contribution in [2.75, 3.05) is 12.3 Å². The number of halogens is 1. The molecule has 0 aromatic carbocycles. The normalized spacial score (nSPS) is 26.9. The van der Waals surface area contributed by atoms with Crippen molar-refractivity contribution in [3.05, 3.63) is 16.5 Å². The molecule has 3 N–H and O–H groups in total. The van der Waals surface area contributed by atoms with E-state index in [-0.39, 0.29) is 24.6 Å². The Hall–Kier alpha value is -0.971. The van der Waals surface area contributed by atoms with E-state index in [0.717, 1.165) is 34.6 Å². The Morgan fingerprint density at radius 1 is 1.23 bits per heavy atom. The van der Waals surface area contributed by atoms with Crippen molar-refractivity contribution in [1.29, 1.82) is 5.26 Å². The average molecular weight is 601 g/mol. The molecule has 2 aliphatic rings. The topological polar surface area (TPSA) is 128 Å². The Labute approximate surface area is 195 Å². The summed E-state index contributed by atoms with van der Waals surface area (Å²) in [5, 5.41) is 20.2. The van der Waals surface area contributed by atoms with Gasteiger partial charge in [0.05, 0.1) is 0 Å². The van der Waals surface area contributed by atoms with E-state index >= 15 is 0 Å². The van der Waals surface area contributed by atoms with Gasteiger partial charge in [0.25, 0.3) is 0 Å². The number of aliphatic hydroxyl groups is 1. The van der Waals surface area contributed by atoms with Crippen LogP contribution in [0.4, 0.5) is 5.82 Å². The molecular weight excluding hydrogens is 573 g/mol. The zero-order chi connectivity index (χ0) is 22.2. The number of nitrogens with two attached hydrogens (primary N) is 1. The molecule has 4 unspecified atom stereocenters. The molecule has 0 spiro atoms. The fraction of sp³-hybridized carbons (Fsp3) is 0.650. The molecule has 168 valence electrons. The molecule has 0 radical (unpaired) electrons. The first-order valence-electron chi connectivity index (χ1n) is 10.8. The second kappa shape index (κ2) is 9.49. The Morgan fingerprint density at radius 2 is 1.90 bits per heavy atom. The van der Waals surface area contributed by atoms with Crippen LogP contribution in [0.15, 0.2) is 10.9 Å². The van der Waals surface area contributed by atoms with Gasteiger partial charge in [0.1, 0.15) is 0 Å². The van der Waals surface area contributed by atoms with Crippen LogP contribution in [0.5, 0.6) is 0 Å². The first-order valence-corrected chi connectivity index (χ1v) is 18.0. The molecule has 9 nitrogen and oxygen atoms in total. The summed E-state index contributed by atoms with van der Waals surface area (Å²) in [5.74, 6) is 0.234. The number of anilines is 1. The number of rotatable bonds is 8. The fourth-order valence-corrected chi connectivity index (χ4v) is 16.9. The van der Waals surface area contributed by atoms with E-state index < -0.39 is 31.5 Å². The van der Waals surface area contributed by atoms with Crippen LogP contribution in [-0.2, 0) is 10.9 Å². The number of hydrogen-bond acceptors (Lipinski definition) is 8. The summed E-state index contributed by atoms with van der Waals surface area (Å²) in [6.07, 6.45) is 3.93. The number of ether oxygens (including phenoxy) is 1. The Kier molecular flexibility index (Phi) is 7.10. The van der Waals surface area contributed by atoms with E-state index in [4.69, 9.17) is 16.6 Å². The summed E-state index contributed by atoms with van der Waals surface area (Å²) in [7, 11) is 0. The summed E-state index contributed by atoms with van der Waals surface area (Å²) >= 11 is 0.209. The van der Waals surface area contributed by atoms with Crippen LogP contribution in [0.2, 0.25) is 8.87 Å². The van der Waals surface area contributed by atoms with Crippen LogP contribution >= 0.6 is 15.9 Å². The Balaban J connectivity index is 1.77. The van der Waals surface area contributed by atoms with Gasteiger partial charge in [0.2, 0.25) is 0 Å². The molecule has 2 aromatic heterocycles. The molecule has 0 saturated carbocycles. The zero-order valence-corrected chi connectivity index (χ0v) is 22.2. The quantitative estimate of drug-likeness (QED) is 0.442. The number of nitrogen functional groups attached to an aromatic ring is 1. The number of aliphatic hydroxyl groups excluding tert-OH is 1. The van der Waals surface area contributed by atoms with Crippen molar-refractivity contribution >= 4 is 52.0 Å². The average Bonchev–Trinajstić information content (AvgIpc) is 3.39. The second-order valence-electron chi connectivity index (χ2n) is 8.14. The molecule has 0 aliphatic carbocycles. The number of aromatic nitrogens is 3. The third kappa shape index (κ3) is 3.98. The van der Waals surface area contributed by atoms with Gasteiger partial charge in [-0.25, -0.2) is 0 Å². The van der Waals surface area contributed by atoms with Crippen molar-refractivity contribution in [3.63, 3.8) is 0 Å². The second-order valence-corrected chi connectivity index (χ2v) is 18.3. The first-order chi connectivity index (χ1) is 15.0. The van der Waals surface area contributed by atoms with Crippen LogP contribution in [-0.4, -0.2) is 63.8 Å². The molecular formula is C20H28BrN5O4Sn. The van der Waals surface area contributed by atoms with Gasteiger partial charge < -0.3 is 0 Å². The Bertz CT molecular complexity index is 988. The van der Waals surface area contributed by atoms with E-state index in [9.17, 15) is 10.4 Å². The van der Waals surface area contributed by atoms with Crippen molar-refractivity contribution < 1.29 is 16.0 Å². The van der Waals surface area contributed by atoms with E-state index in [1.165, 1.54) is 6.33 Å². The van der Waals surface area contributed by atoms with E-state index in [0.29, 0.717) is 21.2 Å². The molecule has 2 fully saturated rings. The predicted octanol–water partition coefficient (Wildman–Crippen LogP) is 3.36. The van der Waals surface area contributed by atoms with Crippen molar-refractivity contribution in [1.82, 2.24) is 14.5 Å². The molecule has 2 aromatic rings. The summed E-state index contributed by atoms with van der Waals surface area (Å²) < 4.78 is 24.0. The first kappa shape index (κ1) is 23.2. The third-order valence-corrected chi connectivity index (χ3v) is 17.3. The van der Waals surface area contributed by atoms with E-state index in [1.807, 2.05) is 0 Å². The number of hydrogen-bond donors (Lipinski definition) is 2. The molecule has 0 amide bonds. The van der Waals surface area contributed by atoms with Crippen molar-refractivity contribution in [3.8, 4) is 6.07 Å².